The number of nitrogens with zero attached hydrogens (tertiary/aromatic N) is 4. The van der Waals surface area contributed by atoms with Gasteiger partial charge in [-0.15, -0.1) is 0 Å². The number of hydrogen-bond donors (Lipinski definition) is 0. The molecule has 2 aromatic rings. The van der Waals surface area contributed by atoms with Crippen LogP contribution in [-0.4, -0.2) is 44.7 Å². The van der Waals surface area contributed by atoms with Gasteiger partial charge in [0, 0.05) is 18.8 Å². The number of hydrogen-bond acceptors (Lipinski definition) is 6. The Morgan fingerprint density at radius 2 is 2.22 bits per heavy atom. The van der Waals surface area contributed by atoms with Crippen LogP contribution in [0.1, 0.15) is 24.7 Å². The van der Waals surface area contributed by atoms with Crippen LogP contribution in [0.25, 0.3) is 0 Å². The van der Waals surface area contributed by atoms with Crippen molar-refractivity contribution in [1.82, 2.24) is 19.6 Å². The number of morpholine rings is 1. The van der Waals surface area contributed by atoms with Crippen molar-refractivity contribution in [2.24, 2.45) is 0 Å². The molecule has 122 valence electrons. The molecule has 0 spiro atoms. The van der Waals surface area contributed by atoms with Crippen molar-refractivity contribution in [3.05, 3.63) is 46.5 Å². The molecule has 8 nitrogen and oxygen atoms in total. The monoisotopic (exact) mass is 318 g/mol. The summed E-state index contributed by atoms with van der Waals surface area (Å²) in [6, 6.07) is 4.80. The molecule has 1 aliphatic heterocycles. The fourth-order valence-electron chi connectivity index (χ4n) is 2.57. The van der Waals surface area contributed by atoms with Gasteiger partial charge in [-0.1, -0.05) is 11.2 Å². The van der Waals surface area contributed by atoms with Crippen LogP contribution in [0, 0.1) is 6.92 Å². The Bertz CT molecular complexity index is 754. The number of ether oxygens (including phenoxy) is 1. The zero-order valence-corrected chi connectivity index (χ0v) is 13.0. The first-order valence-corrected chi connectivity index (χ1v) is 7.42. The highest BCUT2D eigenvalue weighted by molar-refractivity contribution is 5.76. The number of amides is 1. The van der Waals surface area contributed by atoms with Crippen LogP contribution in [0.4, 0.5) is 0 Å². The fraction of sp³-hybridized carbons (Fsp3) is 0.467. The summed E-state index contributed by atoms with van der Waals surface area (Å²) in [5.41, 5.74) is -0.203. The number of carbonyl (C=O) groups excluding carboxylic acids is 1. The van der Waals surface area contributed by atoms with Crippen molar-refractivity contribution in [1.29, 1.82) is 0 Å². The number of aromatic nitrogens is 3. The number of carbonyl (C=O) groups is 1. The van der Waals surface area contributed by atoms with Gasteiger partial charge in [-0.3, -0.25) is 9.59 Å². The first-order chi connectivity index (χ1) is 11.0. The molecule has 1 fully saturated rings. The Hall–Kier alpha value is -2.48. The second-order valence-corrected chi connectivity index (χ2v) is 5.58. The third-order valence-electron chi connectivity index (χ3n) is 3.64. The van der Waals surface area contributed by atoms with E-state index in [1.165, 1.54) is 10.6 Å². The molecule has 1 amide bonds. The zero-order valence-electron chi connectivity index (χ0n) is 13.0. The van der Waals surface area contributed by atoms with E-state index in [0.29, 0.717) is 24.8 Å². The van der Waals surface area contributed by atoms with E-state index in [4.69, 9.17) is 9.26 Å². The molecule has 0 unspecified atom stereocenters. The van der Waals surface area contributed by atoms with E-state index < -0.39 is 6.10 Å². The summed E-state index contributed by atoms with van der Waals surface area (Å²) in [6.07, 6.45) is 0.997. The van der Waals surface area contributed by atoms with Crippen LogP contribution >= 0.6 is 0 Å². The third kappa shape index (κ3) is 3.48. The summed E-state index contributed by atoms with van der Waals surface area (Å²) >= 11 is 0. The Balaban J connectivity index is 1.72. The average Bonchev–Trinajstić information content (AvgIpc) is 2.95. The lowest BCUT2D eigenvalue weighted by Crippen LogP contribution is -2.47. The normalized spacial score (nSPS) is 21.4. The van der Waals surface area contributed by atoms with Gasteiger partial charge in [0.25, 0.3) is 11.4 Å². The molecule has 0 radical (unpaired) electrons. The first kappa shape index (κ1) is 15.4. The Labute approximate surface area is 132 Å². The summed E-state index contributed by atoms with van der Waals surface area (Å²) < 4.78 is 12.3. The maximum absolute atomic E-state index is 12.5. The Morgan fingerprint density at radius 1 is 1.39 bits per heavy atom. The molecule has 1 aliphatic rings. The minimum atomic E-state index is -0.448. The van der Waals surface area contributed by atoms with Gasteiger partial charge in [-0.25, -0.2) is 0 Å². The van der Waals surface area contributed by atoms with E-state index in [9.17, 15) is 9.59 Å². The molecule has 0 aliphatic carbocycles. The fourth-order valence-corrected chi connectivity index (χ4v) is 2.57. The lowest BCUT2D eigenvalue weighted by atomic mass is 10.2. The van der Waals surface area contributed by atoms with E-state index in [-0.39, 0.29) is 24.1 Å². The highest BCUT2D eigenvalue weighted by atomic mass is 16.5. The van der Waals surface area contributed by atoms with E-state index in [0.717, 1.165) is 0 Å². The van der Waals surface area contributed by atoms with Crippen LogP contribution in [0.3, 0.4) is 0 Å². The van der Waals surface area contributed by atoms with Crippen LogP contribution in [0.2, 0.25) is 0 Å². The van der Waals surface area contributed by atoms with Crippen LogP contribution < -0.4 is 5.56 Å². The van der Waals surface area contributed by atoms with E-state index in [1.807, 2.05) is 6.92 Å². The molecule has 0 saturated carbocycles. The molecule has 3 heterocycles. The predicted octanol–water partition coefficient (Wildman–Crippen LogP) is 0.528. The van der Waals surface area contributed by atoms with Gasteiger partial charge < -0.3 is 18.7 Å². The lowest BCUT2D eigenvalue weighted by molar-refractivity contribution is -0.147. The largest absolute Gasteiger partial charge is 0.362 e. The highest BCUT2D eigenvalue weighted by Gasteiger charge is 2.32. The summed E-state index contributed by atoms with van der Waals surface area (Å²) in [7, 11) is 0. The molecule has 2 atom stereocenters. The second-order valence-electron chi connectivity index (χ2n) is 5.58. The van der Waals surface area contributed by atoms with E-state index in [2.05, 4.69) is 10.1 Å². The SMILES string of the molecule is Cc1noc([C@H]2CN(C(=O)Cn3ccccc3=O)C[C@@H](C)O2)n1. The van der Waals surface area contributed by atoms with Crippen molar-refractivity contribution < 1.29 is 14.1 Å². The topological polar surface area (TPSA) is 90.5 Å². The van der Waals surface area contributed by atoms with Gasteiger partial charge in [0.15, 0.2) is 11.9 Å². The van der Waals surface area contributed by atoms with E-state index in [1.54, 1.807) is 30.2 Å². The highest BCUT2D eigenvalue weighted by Crippen LogP contribution is 2.24. The summed E-state index contributed by atoms with van der Waals surface area (Å²) in [6.45, 7) is 4.40. The maximum Gasteiger partial charge on any atom is 0.257 e. The lowest BCUT2D eigenvalue weighted by Gasteiger charge is -2.35. The summed E-state index contributed by atoms with van der Waals surface area (Å²) in [5, 5.41) is 3.75. The first-order valence-electron chi connectivity index (χ1n) is 7.42. The minimum Gasteiger partial charge on any atom is -0.362 e. The van der Waals surface area contributed by atoms with Crippen LogP contribution in [0.15, 0.2) is 33.7 Å². The van der Waals surface area contributed by atoms with Crippen molar-refractivity contribution in [2.75, 3.05) is 13.1 Å². The molecule has 2 aromatic heterocycles. The molecule has 23 heavy (non-hydrogen) atoms. The third-order valence-corrected chi connectivity index (χ3v) is 3.64. The van der Waals surface area contributed by atoms with Crippen molar-refractivity contribution in [3.8, 4) is 0 Å². The van der Waals surface area contributed by atoms with Gasteiger partial charge >= 0.3 is 0 Å². The zero-order chi connectivity index (χ0) is 16.4. The van der Waals surface area contributed by atoms with Gasteiger partial charge in [0.05, 0.1) is 12.6 Å². The van der Waals surface area contributed by atoms with Crippen molar-refractivity contribution >= 4 is 5.91 Å². The van der Waals surface area contributed by atoms with Gasteiger partial charge in [0.2, 0.25) is 5.91 Å². The number of aryl methyl sites for hydroxylation is 1. The van der Waals surface area contributed by atoms with Gasteiger partial charge in [-0.2, -0.15) is 4.98 Å². The molecule has 0 N–H and O–H groups in total. The standard InChI is InChI=1S/C15H18N4O4/c1-10-7-19(8-12(22-10)15-16-11(2)17-23-15)14(21)9-18-6-4-3-5-13(18)20/h3-6,10,12H,7-9H2,1-2H3/t10-,12-/m1/s1. The maximum atomic E-state index is 12.5. The molecule has 0 aromatic carbocycles. The van der Waals surface area contributed by atoms with Crippen molar-refractivity contribution in [3.63, 3.8) is 0 Å². The Kier molecular flexibility index (Phi) is 4.24. The van der Waals surface area contributed by atoms with Gasteiger partial charge in [0.1, 0.15) is 6.54 Å². The smallest absolute Gasteiger partial charge is 0.257 e. The quantitative estimate of drug-likeness (QED) is 0.820. The minimum absolute atomic E-state index is 0.00196. The average molecular weight is 318 g/mol. The summed E-state index contributed by atoms with van der Waals surface area (Å²) in [5.74, 6) is 0.744. The molecule has 1 saturated heterocycles. The molecule has 3 rings (SSSR count). The second kappa shape index (κ2) is 6.33. The Morgan fingerprint density at radius 3 is 2.91 bits per heavy atom. The molecular formula is C15H18N4O4. The van der Waals surface area contributed by atoms with Crippen LogP contribution in [0.5, 0.6) is 0 Å². The molecule has 8 heteroatoms. The van der Waals surface area contributed by atoms with E-state index >= 15 is 0 Å². The summed E-state index contributed by atoms with van der Waals surface area (Å²) in [4.78, 5) is 30.0. The number of rotatable bonds is 3. The molecule has 0 bridgehead atoms. The molecular weight excluding hydrogens is 300 g/mol. The van der Waals surface area contributed by atoms with Gasteiger partial charge in [-0.05, 0) is 19.9 Å². The predicted molar refractivity (Wildman–Crippen MR) is 79.6 cm³/mol. The van der Waals surface area contributed by atoms with Crippen LogP contribution in [-0.2, 0) is 16.1 Å². The van der Waals surface area contributed by atoms with Crippen molar-refractivity contribution in [2.45, 2.75) is 32.6 Å². The number of pyridine rings is 1.